The van der Waals surface area contributed by atoms with E-state index < -0.39 is 6.10 Å². The number of benzene rings is 1. The van der Waals surface area contributed by atoms with E-state index >= 15 is 0 Å². The molecule has 0 fully saturated rings. The molecule has 3 N–H and O–H groups in total. The van der Waals surface area contributed by atoms with Crippen LogP contribution < -0.4 is 15.8 Å². The van der Waals surface area contributed by atoms with Crippen LogP contribution in [-0.4, -0.2) is 18.6 Å². The van der Waals surface area contributed by atoms with Gasteiger partial charge >= 0.3 is 0 Å². The van der Waals surface area contributed by atoms with Crippen molar-refractivity contribution in [2.45, 2.75) is 32.3 Å². The Morgan fingerprint density at radius 3 is 2.83 bits per heavy atom. The van der Waals surface area contributed by atoms with Gasteiger partial charge in [-0.1, -0.05) is 29.8 Å². The highest BCUT2D eigenvalue weighted by Crippen LogP contribution is 2.40. The van der Waals surface area contributed by atoms with Crippen molar-refractivity contribution in [2.75, 3.05) is 11.9 Å². The summed E-state index contributed by atoms with van der Waals surface area (Å²) >= 11 is 3.45. The Hall–Kier alpha value is -1.07. The summed E-state index contributed by atoms with van der Waals surface area (Å²) in [6, 6.07) is 3.89. The zero-order valence-corrected chi connectivity index (χ0v) is 12.1. The number of halogens is 1. The predicted molar refractivity (Wildman–Crippen MR) is 74.9 cm³/mol. The maximum atomic E-state index is 11.8. The second-order valence-corrected chi connectivity index (χ2v) is 5.62. The number of rotatable bonds is 3. The van der Waals surface area contributed by atoms with Gasteiger partial charge in [0.1, 0.15) is 5.75 Å². The molecule has 0 spiro atoms. The van der Waals surface area contributed by atoms with Gasteiger partial charge in [0.25, 0.3) is 5.91 Å². The van der Waals surface area contributed by atoms with Gasteiger partial charge in [0, 0.05) is 10.9 Å². The number of hydrogen-bond acceptors (Lipinski definition) is 3. The monoisotopic (exact) mass is 312 g/mol. The first kappa shape index (κ1) is 13.4. The summed E-state index contributed by atoms with van der Waals surface area (Å²) < 4.78 is 6.76. The fraction of sp³-hybridized carbons (Fsp3) is 0.462. The van der Waals surface area contributed by atoms with Gasteiger partial charge in [-0.15, -0.1) is 0 Å². The van der Waals surface area contributed by atoms with E-state index in [0.29, 0.717) is 18.9 Å². The molecular formula is C13H17BrN2O2. The topological polar surface area (TPSA) is 64.3 Å². The Balaban J connectivity index is 2.42. The largest absolute Gasteiger partial charge is 0.478 e. The number of anilines is 1. The van der Waals surface area contributed by atoms with E-state index in [1.165, 1.54) is 0 Å². The summed E-state index contributed by atoms with van der Waals surface area (Å²) in [5.74, 6) is 0.969. The number of ether oxygens (including phenoxy) is 1. The Bertz CT molecular complexity index is 474. The van der Waals surface area contributed by atoms with Crippen molar-refractivity contribution in [3.8, 4) is 5.75 Å². The van der Waals surface area contributed by atoms with Crippen LogP contribution >= 0.6 is 15.9 Å². The first-order valence-corrected chi connectivity index (χ1v) is 6.83. The highest BCUT2D eigenvalue weighted by Gasteiger charge is 2.29. The second kappa shape index (κ2) is 5.28. The molecule has 0 saturated heterocycles. The summed E-state index contributed by atoms with van der Waals surface area (Å²) in [7, 11) is 0. The first-order chi connectivity index (χ1) is 8.52. The molecular weight excluding hydrogens is 296 g/mol. The minimum absolute atomic E-state index is 0.124. The van der Waals surface area contributed by atoms with Gasteiger partial charge in [0.2, 0.25) is 0 Å². The summed E-state index contributed by atoms with van der Waals surface area (Å²) in [6.45, 7) is 4.63. The van der Waals surface area contributed by atoms with Gasteiger partial charge in [-0.05, 0) is 30.2 Å². The molecule has 1 aliphatic rings. The van der Waals surface area contributed by atoms with E-state index in [-0.39, 0.29) is 5.91 Å². The minimum atomic E-state index is -0.485. The van der Waals surface area contributed by atoms with Crippen molar-refractivity contribution in [2.24, 2.45) is 5.73 Å². The maximum absolute atomic E-state index is 11.8. The molecule has 98 valence electrons. The lowest BCUT2D eigenvalue weighted by atomic mass is 10.00. The Labute approximate surface area is 115 Å². The molecule has 2 rings (SSSR count). The fourth-order valence-electron chi connectivity index (χ4n) is 2.02. The minimum Gasteiger partial charge on any atom is -0.478 e. The van der Waals surface area contributed by atoms with Gasteiger partial charge in [-0.3, -0.25) is 4.79 Å². The van der Waals surface area contributed by atoms with Gasteiger partial charge in [-0.2, -0.15) is 0 Å². The molecule has 0 aliphatic carbocycles. The van der Waals surface area contributed by atoms with Crippen LogP contribution in [0.25, 0.3) is 0 Å². The Morgan fingerprint density at radius 2 is 2.22 bits per heavy atom. The zero-order valence-electron chi connectivity index (χ0n) is 10.5. The quantitative estimate of drug-likeness (QED) is 0.901. The van der Waals surface area contributed by atoms with Crippen LogP contribution in [0.2, 0.25) is 0 Å². The van der Waals surface area contributed by atoms with Crippen molar-refractivity contribution in [1.29, 1.82) is 0 Å². The molecule has 5 heteroatoms. The van der Waals surface area contributed by atoms with Gasteiger partial charge in [0.15, 0.2) is 6.10 Å². The Kier molecular flexibility index (Phi) is 3.92. The SMILES string of the molecule is CC(C)c1cc(Br)cc2c1OC(CCN)C(=O)N2. The summed E-state index contributed by atoms with van der Waals surface area (Å²) in [5.41, 5.74) is 7.31. The van der Waals surface area contributed by atoms with Crippen LogP contribution in [0.1, 0.15) is 31.7 Å². The molecule has 1 amide bonds. The third kappa shape index (κ3) is 2.52. The first-order valence-electron chi connectivity index (χ1n) is 6.04. The zero-order chi connectivity index (χ0) is 13.3. The normalized spacial score (nSPS) is 18.3. The summed E-state index contributed by atoms with van der Waals surface area (Å²) in [5, 5.41) is 2.88. The van der Waals surface area contributed by atoms with Crippen LogP contribution in [0.3, 0.4) is 0 Å². The molecule has 1 unspecified atom stereocenters. The van der Waals surface area contributed by atoms with Crippen molar-refractivity contribution >= 4 is 27.5 Å². The predicted octanol–water partition coefficient (Wildman–Crippen LogP) is 2.62. The molecule has 1 atom stereocenters. The highest BCUT2D eigenvalue weighted by atomic mass is 79.9. The van der Waals surface area contributed by atoms with E-state index in [1.807, 2.05) is 12.1 Å². The van der Waals surface area contributed by atoms with Crippen LogP contribution in [0.15, 0.2) is 16.6 Å². The van der Waals surface area contributed by atoms with Gasteiger partial charge in [-0.25, -0.2) is 0 Å². The Morgan fingerprint density at radius 1 is 1.50 bits per heavy atom. The molecule has 1 aromatic carbocycles. The van der Waals surface area contributed by atoms with Gasteiger partial charge < -0.3 is 15.8 Å². The average Bonchev–Trinajstić information content (AvgIpc) is 2.29. The fourth-order valence-corrected chi connectivity index (χ4v) is 2.49. The lowest BCUT2D eigenvalue weighted by Gasteiger charge is -2.28. The van der Waals surface area contributed by atoms with E-state index in [2.05, 4.69) is 35.1 Å². The third-order valence-corrected chi connectivity index (χ3v) is 3.40. The number of amides is 1. The molecule has 18 heavy (non-hydrogen) atoms. The molecule has 0 radical (unpaired) electrons. The lowest BCUT2D eigenvalue weighted by molar-refractivity contribution is -0.123. The number of fused-ring (bicyclic) bond motifs is 1. The van der Waals surface area contributed by atoms with E-state index in [9.17, 15) is 4.79 Å². The molecule has 1 heterocycles. The van der Waals surface area contributed by atoms with Crippen LogP contribution in [-0.2, 0) is 4.79 Å². The molecule has 0 saturated carbocycles. The average molecular weight is 313 g/mol. The van der Waals surface area contributed by atoms with E-state index in [1.54, 1.807) is 0 Å². The molecule has 1 aromatic rings. The third-order valence-electron chi connectivity index (χ3n) is 2.94. The smallest absolute Gasteiger partial charge is 0.265 e. The van der Waals surface area contributed by atoms with Crippen molar-refractivity contribution in [3.05, 3.63) is 22.2 Å². The van der Waals surface area contributed by atoms with Crippen LogP contribution in [0, 0.1) is 0 Å². The molecule has 0 bridgehead atoms. The second-order valence-electron chi connectivity index (χ2n) is 4.70. The number of carbonyl (C=O) groups excluding carboxylic acids is 1. The molecule has 1 aliphatic heterocycles. The summed E-state index contributed by atoms with van der Waals surface area (Å²) in [4.78, 5) is 11.8. The number of nitrogens with one attached hydrogen (secondary N) is 1. The maximum Gasteiger partial charge on any atom is 0.265 e. The summed E-state index contributed by atoms with van der Waals surface area (Å²) in [6.07, 6.45) is 0.0416. The van der Waals surface area contributed by atoms with Crippen LogP contribution in [0.4, 0.5) is 5.69 Å². The van der Waals surface area contributed by atoms with Crippen LogP contribution in [0.5, 0.6) is 5.75 Å². The number of nitrogens with two attached hydrogens (primary N) is 1. The van der Waals surface area contributed by atoms with Gasteiger partial charge in [0.05, 0.1) is 5.69 Å². The van der Waals surface area contributed by atoms with Crippen molar-refractivity contribution in [3.63, 3.8) is 0 Å². The van der Waals surface area contributed by atoms with E-state index in [4.69, 9.17) is 10.5 Å². The van der Waals surface area contributed by atoms with Crippen molar-refractivity contribution in [1.82, 2.24) is 0 Å². The lowest BCUT2D eigenvalue weighted by Crippen LogP contribution is -2.38. The molecule has 4 nitrogen and oxygen atoms in total. The number of carbonyl (C=O) groups is 1. The highest BCUT2D eigenvalue weighted by molar-refractivity contribution is 9.10. The standard InChI is InChI=1S/C13H17BrN2O2/c1-7(2)9-5-8(14)6-10-12(9)18-11(3-4-15)13(17)16-10/h5-7,11H,3-4,15H2,1-2H3,(H,16,17). The molecule has 0 aromatic heterocycles. The van der Waals surface area contributed by atoms with E-state index in [0.717, 1.165) is 21.5 Å². The number of hydrogen-bond donors (Lipinski definition) is 2. The van der Waals surface area contributed by atoms with Crippen molar-refractivity contribution < 1.29 is 9.53 Å².